The lowest BCUT2D eigenvalue weighted by molar-refractivity contribution is 0.302. The molecule has 4 aromatic rings. The van der Waals surface area contributed by atoms with Crippen LogP contribution in [0, 0.1) is 0 Å². The number of aliphatic hydroxyl groups is 1. The van der Waals surface area contributed by atoms with E-state index in [0.717, 1.165) is 6.42 Å². The number of nitrogens with one attached hydrogen (secondary N) is 1. The maximum Gasteiger partial charge on any atom is 0.0952 e. The molecule has 1 atom stereocenters. The van der Waals surface area contributed by atoms with Gasteiger partial charge in [0.15, 0.2) is 0 Å². The molecular formula is C31H31NO. The lowest BCUT2D eigenvalue weighted by Crippen LogP contribution is -2.50. The molecule has 4 rings (SSSR count). The molecule has 0 saturated heterocycles. The van der Waals surface area contributed by atoms with Gasteiger partial charge in [0.2, 0.25) is 0 Å². The second-order valence-corrected chi connectivity index (χ2v) is 8.23. The van der Waals surface area contributed by atoms with Crippen molar-refractivity contribution in [3.63, 3.8) is 0 Å². The van der Waals surface area contributed by atoms with Gasteiger partial charge in [-0.05, 0) is 35.1 Å². The summed E-state index contributed by atoms with van der Waals surface area (Å²) < 4.78 is 0. The summed E-state index contributed by atoms with van der Waals surface area (Å²) in [7, 11) is 0. The predicted molar refractivity (Wildman–Crippen MR) is 137 cm³/mol. The molecule has 0 aliphatic carbocycles. The lowest BCUT2D eigenvalue weighted by atomic mass is 9.76. The molecule has 0 aliphatic rings. The standard InChI is InChI=1S/C31H31NO/c33-24-14-13-23-30(25-26-15-5-1-6-16-26)32-31(27-17-7-2-8-18-27,28-19-9-3-10-20-28)29-21-11-4-12-22-29/h1-13,15-23,30,32-33H,14,24-25H2/b23-13+. The van der Waals surface area contributed by atoms with Crippen LogP contribution in [0.4, 0.5) is 0 Å². The number of hydrogen-bond donors (Lipinski definition) is 2. The Morgan fingerprint density at radius 1 is 0.636 bits per heavy atom. The highest BCUT2D eigenvalue weighted by Gasteiger charge is 2.37. The average Bonchev–Trinajstić information content (AvgIpc) is 2.89. The van der Waals surface area contributed by atoms with Gasteiger partial charge in [-0.2, -0.15) is 0 Å². The molecule has 4 aromatic carbocycles. The van der Waals surface area contributed by atoms with Crippen molar-refractivity contribution in [1.29, 1.82) is 0 Å². The van der Waals surface area contributed by atoms with Gasteiger partial charge in [0.25, 0.3) is 0 Å². The molecule has 0 radical (unpaired) electrons. The first-order chi connectivity index (χ1) is 16.3. The molecule has 33 heavy (non-hydrogen) atoms. The highest BCUT2D eigenvalue weighted by Crippen LogP contribution is 2.37. The average molecular weight is 434 g/mol. The molecule has 0 saturated carbocycles. The molecule has 0 heterocycles. The molecule has 0 aliphatic heterocycles. The summed E-state index contributed by atoms with van der Waals surface area (Å²) in [5, 5.41) is 13.4. The predicted octanol–water partition coefficient (Wildman–Crippen LogP) is 6.12. The first-order valence-corrected chi connectivity index (χ1v) is 11.6. The lowest BCUT2D eigenvalue weighted by Gasteiger charge is -2.40. The van der Waals surface area contributed by atoms with Gasteiger partial charge >= 0.3 is 0 Å². The van der Waals surface area contributed by atoms with E-state index in [-0.39, 0.29) is 12.6 Å². The molecule has 0 aromatic heterocycles. The minimum Gasteiger partial charge on any atom is -0.396 e. The fourth-order valence-electron chi connectivity index (χ4n) is 4.46. The van der Waals surface area contributed by atoms with Crippen molar-refractivity contribution >= 4 is 0 Å². The molecule has 2 heteroatoms. The van der Waals surface area contributed by atoms with Crippen LogP contribution >= 0.6 is 0 Å². The summed E-state index contributed by atoms with van der Waals surface area (Å²) in [6.07, 6.45) is 5.76. The van der Waals surface area contributed by atoms with Gasteiger partial charge in [0.05, 0.1) is 5.54 Å². The summed E-state index contributed by atoms with van der Waals surface area (Å²) in [5.74, 6) is 0. The highest BCUT2D eigenvalue weighted by molar-refractivity contribution is 5.50. The van der Waals surface area contributed by atoms with Gasteiger partial charge in [-0.3, -0.25) is 5.32 Å². The summed E-state index contributed by atoms with van der Waals surface area (Å²) in [5.41, 5.74) is 4.31. The third-order valence-electron chi connectivity index (χ3n) is 5.98. The van der Waals surface area contributed by atoms with E-state index in [4.69, 9.17) is 0 Å². The van der Waals surface area contributed by atoms with Crippen LogP contribution in [-0.4, -0.2) is 17.8 Å². The van der Waals surface area contributed by atoms with Gasteiger partial charge < -0.3 is 5.11 Å². The van der Waals surface area contributed by atoms with Crippen molar-refractivity contribution in [1.82, 2.24) is 5.32 Å². The SMILES string of the molecule is OCC/C=C/C(Cc1ccccc1)NC(c1ccccc1)(c1ccccc1)c1ccccc1. The third-order valence-corrected chi connectivity index (χ3v) is 5.98. The van der Waals surface area contributed by atoms with Crippen molar-refractivity contribution in [3.05, 3.63) is 156 Å². The van der Waals surface area contributed by atoms with Crippen molar-refractivity contribution in [3.8, 4) is 0 Å². The Kier molecular flexibility index (Phi) is 7.86. The van der Waals surface area contributed by atoms with Gasteiger partial charge in [0.1, 0.15) is 0 Å². The van der Waals surface area contributed by atoms with Gasteiger partial charge in [-0.1, -0.05) is 133 Å². The number of rotatable bonds is 10. The maximum absolute atomic E-state index is 9.36. The highest BCUT2D eigenvalue weighted by atomic mass is 16.2. The largest absolute Gasteiger partial charge is 0.396 e. The van der Waals surface area contributed by atoms with Crippen LogP contribution in [-0.2, 0) is 12.0 Å². The van der Waals surface area contributed by atoms with Crippen molar-refractivity contribution in [2.24, 2.45) is 0 Å². The van der Waals surface area contributed by atoms with E-state index in [1.807, 2.05) is 0 Å². The maximum atomic E-state index is 9.36. The summed E-state index contributed by atoms with van der Waals surface area (Å²) in [4.78, 5) is 0. The summed E-state index contributed by atoms with van der Waals surface area (Å²) in [6.45, 7) is 0.149. The van der Waals surface area contributed by atoms with Crippen LogP contribution in [0.5, 0.6) is 0 Å². The Balaban J connectivity index is 1.87. The molecule has 0 bridgehead atoms. The fraction of sp³-hybridized carbons (Fsp3) is 0.161. The second-order valence-electron chi connectivity index (χ2n) is 8.23. The van der Waals surface area contributed by atoms with Crippen molar-refractivity contribution < 1.29 is 5.11 Å². The zero-order valence-corrected chi connectivity index (χ0v) is 18.8. The van der Waals surface area contributed by atoms with Crippen LogP contribution in [0.1, 0.15) is 28.7 Å². The smallest absolute Gasteiger partial charge is 0.0952 e. The van der Waals surface area contributed by atoms with Gasteiger partial charge in [0, 0.05) is 12.6 Å². The zero-order chi connectivity index (χ0) is 22.8. The Labute approximate surface area is 197 Å². The Hall–Kier alpha value is -3.46. The first-order valence-electron chi connectivity index (χ1n) is 11.6. The van der Waals surface area contributed by atoms with Crippen molar-refractivity contribution in [2.45, 2.75) is 24.4 Å². The van der Waals surface area contributed by atoms with E-state index < -0.39 is 5.54 Å². The van der Waals surface area contributed by atoms with Crippen LogP contribution < -0.4 is 5.32 Å². The van der Waals surface area contributed by atoms with Crippen LogP contribution in [0.2, 0.25) is 0 Å². The normalized spacial score (nSPS) is 12.6. The van der Waals surface area contributed by atoms with E-state index in [1.165, 1.54) is 22.3 Å². The Morgan fingerprint density at radius 3 is 1.48 bits per heavy atom. The molecule has 166 valence electrons. The number of aliphatic hydroxyl groups excluding tert-OH is 1. The minimum atomic E-state index is -0.535. The van der Waals surface area contributed by atoms with Crippen LogP contribution in [0.15, 0.2) is 133 Å². The molecule has 2 N–H and O–H groups in total. The fourth-order valence-corrected chi connectivity index (χ4v) is 4.46. The van der Waals surface area contributed by atoms with E-state index in [9.17, 15) is 5.11 Å². The second kappa shape index (κ2) is 11.4. The number of hydrogen-bond acceptors (Lipinski definition) is 2. The Morgan fingerprint density at radius 2 is 1.06 bits per heavy atom. The van der Waals surface area contributed by atoms with E-state index in [1.54, 1.807) is 0 Å². The molecule has 0 fully saturated rings. The quantitative estimate of drug-likeness (QED) is 0.233. The summed E-state index contributed by atoms with van der Waals surface area (Å²) >= 11 is 0. The molecule has 0 amide bonds. The van der Waals surface area contributed by atoms with E-state index in [2.05, 4.69) is 139 Å². The molecule has 2 nitrogen and oxygen atoms in total. The monoisotopic (exact) mass is 433 g/mol. The van der Waals surface area contributed by atoms with Crippen LogP contribution in [0.25, 0.3) is 0 Å². The first kappa shape index (κ1) is 22.7. The molecule has 1 unspecified atom stereocenters. The summed E-state index contributed by atoms with van der Waals surface area (Å²) in [6, 6.07) is 42.6. The third kappa shape index (κ3) is 5.48. The van der Waals surface area contributed by atoms with Crippen molar-refractivity contribution in [2.75, 3.05) is 6.61 Å². The van der Waals surface area contributed by atoms with E-state index >= 15 is 0 Å². The van der Waals surface area contributed by atoms with Gasteiger partial charge in [-0.15, -0.1) is 0 Å². The van der Waals surface area contributed by atoms with Gasteiger partial charge in [-0.25, -0.2) is 0 Å². The van der Waals surface area contributed by atoms with Crippen LogP contribution in [0.3, 0.4) is 0 Å². The molecule has 0 spiro atoms. The topological polar surface area (TPSA) is 32.3 Å². The molecular weight excluding hydrogens is 402 g/mol. The Bertz CT molecular complexity index is 1010. The number of benzene rings is 4. The van der Waals surface area contributed by atoms with E-state index in [0.29, 0.717) is 6.42 Å². The zero-order valence-electron chi connectivity index (χ0n) is 18.8. The minimum absolute atomic E-state index is 0.0552.